The van der Waals surface area contributed by atoms with Crippen molar-refractivity contribution in [3.63, 3.8) is 0 Å². The Balaban J connectivity index is 1.50. The van der Waals surface area contributed by atoms with Gasteiger partial charge in [-0.25, -0.2) is 13.8 Å². The van der Waals surface area contributed by atoms with Gasteiger partial charge >= 0.3 is 0 Å². The Morgan fingerprint density at radius 1 is 1.31 bits per heavy atom. The predicted octanol–water partition coefficient (Wildman–Crippen LogP) is 3.37. The molecule has 1 aromatic rings. The number of halogens is 2. The van der Waals surface area contributed by atoms with Gasteiger partial charge in [-0.15, -0.1) is 0 Å². The van der Waals surface area contributed by atoms with E-state index in [-0.39, 0.29) is 17.5 Å². The van der Waals surface area contributed by atoms with Crippen LogP contribution in [0.5, 0.6) is 0 Å². The number of benzene rings is 1. The minimum absolute atomic E-state index is 0.114. The Bertz CT molecular complexity index is 688. The van der Waals surface area contributed by atoms with Crippen molar-refractivity contribution in [3.05, 3.63) is 35.4 Å². The van der Waals surface area contributed by atoms with E-state index in [0.717, 1.165) is 31.7 Å². The third-order valence-electron chi connectivity index (χ3n) is 6.34. The number of ether oxygens (including phenoxy) is 1. The quantitative estimate of drug-likeness (QED) is 0.637. The van der Waals surface area contributed by atoms with Crippen molar-refractivity contribution in [2.45, 2.75) is 57.7 Å². The van der Waals surface area contributed by atoms with Crippen LogP contribution in [0.2, 0.25) is 0 Å². The van der Waals surface area contributed by atoms with Crippen LogP contribution in [0.25, 0.3) is 0 Å². The van der Waals surface area contributed by atoms with E-state index in [2.05, 4.69) is 15.6 Å². The molecule has 2 saturated carbocycles. The number of nitrogens with one attached hydrogen (secondary N) is 2. The lowest BCUT2D eigenvalue weighted by atomic mass is 9.54. The molecule has 1 saturated heterocycles. The largest absolute Gasteiger partial charge is 0.377 e. The molecule has 1 aromatic carbocycles. The zero-order valence-corrected chi connectivity index (χ0v) is 15.2. The van der Waals surface area contributed by atoms with Crippen molar-refractivity contribution in [2.24, 2.45) is 16.3 Å². The summed E-state index contributed by atoms with van der Waals surface area (Å²) >= 11 is 0. The fourth-order valence-corrected chi connectivity index (χ4v) is 5.20. The fourth-order valence-electron chi connectivity index (χ4n) is 5.20. The zero-order chi connectivity index (χ0) is 18.1. The van der Waals surface area contributed by atoms with Gasteiger partial charge in [0, 0.05) is 36.1 Å². The lowest BCUT2D eigenvalue weighted by Crippen LogP contribution is -2.69. The molecule has 0 amide bonds. The SMILES string of the molecule is CCNC(=NCc1cc(F)ccc1F)NC1C2CCOC2C12CCCC2. The highest BCUT2D eigenvalue weighted by Crippen LogP contribution is 2.60. The summed E-state index contributed by atoms with van der Waals surface area (Å²) in [6.07, 6.45) is 6.38. The standard InChI is InChI=1S/C20H27F2N3O/c1-2-23-19(24-12-13-11-14(21)5-6-16(13)22)25-17-15-7-10-26-18(15)20(17)8-3-4-9-20/h5-6,11,15,17-18H,2-4,7-10,12H2,1H3,(H2,23,24,25). The van der Waals surface area contributed by atoms with Crippen molar-refractivity contribution in [1.29, 1.82) is 0 Å². The van der Waals surface area contributed by atoms with Crippen LogP contribution in [-0.2, 0) is 11.3 Å². The summed E-state index contributed by atoms with van der Waals surface area (Å²) in [6.45, 7) is 3.69. The molecule has 6 heteroatoms. The summed E-state index contributed by atoms with van der Waals surface area (Å²) in [4.78, 5) is 4.52. The van der Waals surface area contributed by atoms with Crippen LogP contribution in [0, 0.1) is 23.0 Å². The third kappa shape index (κ3) is 2.98. The van der Waals surface area contributed by atoms with E-state index in [1.165, 1.54) is 31.7 Å². The molecule has 1 aliphatic heterocycles. The van der Waals surface area contributed by atoms with E-state index in [1.54, 1.807) is 0 Å². The van der Waals surface area contributed by atoms with Gasteiger partial charge in [-0.2, -0.15) is 0 Å². The summed E-state index contributed by atoms with van der Waals surface area (Å²) in [5.41, 5.74) is 0.495. The molecule has 1 heterocycles. The summed E-state index contributed by atoms with van der Waals surface area (Å²) in [5.74, 6) is 0.344. The van der Waals surface area contributed by atoms with E-state index >= 15 is 0 Å². The predicted molar refractivity (Wildman–Crippen MR) is 96.8 cm³/mol. The highest BCUT2D eigenvalue weighted by atomic mass is 19.1. The first-order valence-electron chi connectivity index (χ1n) is 9.74. The second-order valence-corrected chi connectivity index (χ2v) is 7.74. The van der Waals surface area contributed by atoms with Crippen molar-refractivity contribution in [3.8, 4) is 0 Å². The molecule has 4 nitrogen and oxygen atoms in total. The Morgan fingerprint density at radius 3 is 2.88 bits per heavy atom. The highest BCUT2D eigenvalue weighted by Gasteiger charge is 2.65. The Kier molecular flexibility index (Phi) is 4.86. The normalized spacial score (nSPS) is 29.5. The topological polar surface area (TPSA) is 45.7 Å². The first-order valence-corrected chi connectivity index (χ1v) is 9.74. The third-order valence-corrected chi connectivity index (χ3v) is 6.34. The number of hydrogen-bond acceptors (Lipinski definition) is 2. The van der Waals surface area contributed by atoms with E-state index in [1.807, 2.05) is 6.92 Å². The van der Waals surface area contributed by atoms with Crippen LogP contribution in [-0.4, -0.2) is 31.3 Å². The molecular weight excluding hydrogens is 336 g/mol. The molecule has 0 aromatic heterocycles. The van der Waals surface area contributed by atoms with E-state index in [9.17, 15) is 8.78 Å². The Hall–Kier alpha value is -1.69. The summed E-state index contributed by atoms with van der Waals surface area (Å²) in [6, 6.07) is 3.85. The van der Waals surface area contributed by atoms with Gasteiger partial charge in [0.2, 0.25) is 0 Å². The Labute approximate surface area is 153 Å². The second kappa shape index (κ2) is 7.14. The molecule has 3 aliphatic rings. The van der Waals surface area contributed by atoms with Gasteiger partial charge < -0.3 is 15.4 Å². The molecule has 0 radical (unpaired) electrons. The molecule has 3 atom stereocenters. The van der Waals surface area contributed by atoms with E-state index < -0.39 is 11.6 Å². The number of aliphatic imine (C=N–C) groups is 1. The first kappa shape index (κ1) is 17.7. The molecule has 2 aliphatic carbocycles. The molecule has 4 rings (SSSR count). The lowest BCUT2D eigenvalue weighted by Gasteiger charge is -2.57. The maximum absolute atomic E-state index is 13.9. The van der Waals surface area contributed by atoms with Crippen molar-refractivity contribution >= 4 is 5.96 Å². The molecule has 3 unspecified atom stereocenters. The molecule has 2 N–H and O–H groups in total. The van der Waals surface area contributed by atoms with Crippen molar-refractivity contribution in [1.82, 2.24) is 10.6 Å². The monoisotopic (exact) mass is 363 g/mol. The fraction of sp³-hybridized carbons (Fsp3) is 0.650. The van der Waals surface area contributed by atoms with Gasteiger partial charge in [0.25, 0.3) is 0 Å². The average Bonchev–Trinajstić information content (AvgIpc) is 3.28. The lowest BCUT2D eigenvalue weighted by molar-refractivity contribution is -0.125. The van der Waals surface area contributed by atoms with Crippen LogP contribution in [0.1, 0.15) is 44.6 Å². The van der Waals surface area contributed by atoms with Gasteiger partial charge in [0.15, 0.2) is 5.96 Å². The maximum atomic E-state index is 13.9. The Morgan fingerprint density at radius 2 is 2.12 bits per heavy atom. The molecule has 0 bridgehead atoms. The summed E-state index contributed by atoms with van der Waals surface area (Å²) < 4.78 is 33.3. The zero-order valence-electron chi connectivity index (χ0n) is 15.2. The number of hydrogen-bond donors (Lipinski definition) is 2. The number of fused-ring (bicyclic) bond motifs is 2. The van der Waals surface area contributed by atoms with Gasteiger partial charge in [-0.05, 0) is 44.4 Å². The first-order chi connectivity index (χ1) is 12.6. The van der Waals surface area contributed by atoms with Gasteiger partial charge in [-0.1, -0.05) is 12.8 Å². The highest BCUT2D eigenvalue weighted by molar-refractivity contribution is 5.80. The second-order valence-electron chi connectivity index (χ2n) is 7.74. The average molecular weight is 363 g/mol. The van der Waals surface area contributed by atoms with Crippen molar-refractivity contribution in [2.75, 3.05) is 13.2 Å². The molecule has 26 heavy (non-hydrogen) atoms. The number of rotatable bonds is 4. The maximum Gasteiger partial charge on any atom is 0.191 e. The van der Waals surface area contributed by atoms with Crippen LogP contribution in [0.15, 0.2) is 23.2 Å². The van der Waals surface area contributed by atoms with Gasteiger partial charge in [-0.3, -0.25) is 0 Å². The van der Waals surface area contributed by atoms with E-state index in [4.69, 9.17) is 4.74 Å². The minimum Gasteiger partial charge on any atom is -0.377 e. The van der Waals surface area contributed by atoms with Crippen LogP contribution in [0.3, 0.4) is 0 Å². The summed E-state index contributed by atoms with van der Waals surface area (Å²) in [7, 11) is 0. The van der Waals surface area contributed by atoms with Crippen molar-refractivity contribution < 1.29 is 13.5 Å². The van der Waals surface area contributed by atoms with E-state index in [0.29, 0.717) is 24.0 Å². The summed E-state index contributed by atoms with van der Waals surface area (Å²) in [5, 5.41) is 6.86. The number of nitrogens with zero attached hydrogens (tertiary/aromatic N) is 1. The van der Waals surface area contributed by atoms with Crippen LogP contribution >= 0.6 is 0 Å². The van der Waals surface area contributed by atoms with Crippen LogP contribution in [0.4, 0.5) is 8.78 Å². The van der Waals surface area contributed by atoms with Gasteiger partial charge in [0.1, 0.15) is 11.6 Å². The molecular formula is C20H27F2N3O. The molecule has 3 fully saturated rings. The van der Waals surface area contributed by atoms with Gasteiger partial charge in [0.05, 0.1) is 12.6 Å². The number of guanidine groups is 1. The smallest absolute Gasteiger partial charge is 0.191 e. The molecule has 1 spiro atoms. The minimum atomic E-state index is -0.440. The van der Waals surface area contributed by atoms with Crippen LogP contribution < -0.4 is 10.6 Å². The molecule has 142 valence electrons.